The van der Waals surface area contributed by atoms with Crippen molar-refractivity contribution in [3.05, 3.63) is 28.5 Å². The third-order valence-electron chi connectivity index (χ3n) is 3.49. The second-order valence-corrected chi connectivity index (χ2v) is 4.68. The Morgan fingerprint density at radius 1 is 1.50 bits per heavy atom. The quantitative estimate of drug-likeness (QED) is 0.886. The lowest BCUT2D eigenvalue weighted by Gasteiger charge is -2.42. The van der Waals surface area contributed by atoms with Gasteiger partial charge in [-0.1, -0.05) is 18.0 Å². The number of hydrogen-bond acceptors (Lipinski definition) is 2. The van der Waals surface area contributed by atoms with Gasteiger partial charge in [-0.05, 0) is 25.0 Å². The molecule has 0 heterocycles. The van der Waals surface area contributed by atoms with E-state index in [1.807, 2.05) is 0 Å². The molecule has 1 aliphatic rings. The molecule has 16 heavy (non-hydrogen) atoms. The van der Waals surface area contributed by atoms with Crippen LogP contribution in [0.15, 0.2) is 12.1 Å². The predicted molar refractivity (Wildman–Crippen MR) is 62.5 cm³/mol. The van der Waals surface area contributed by atoms with Crippen LogP contribution in [0.5, 0.6) is 5.75 Å². The molecular formula is C12H15ClFNO. The number of halogens is 2. The van der Waals surface area contributed by atoms with Crippen LogP contribution in [-0.2, 0) is 5.41 Å². The first-order valence-corrected chi connectivity index (χ1v) is 5.75. The van der Waals surface area contributed by atoms with Crippen molar-refractivity contribution in [2.45, 2.75) is 24.7 Å². The summed E-state index contributed by atoms with van der Waals surface area (Å²) in [5, 5.41) is 0.545. The van der Waals surface area contributed by atoms with Gasteiger partial charge in [-0.2, -0.15) is 0 Å². The molecule has 1 fully saturated rings. The van der Waals surface area contributed by atoms with Crippen molar-refractivity contribution in [3.63, 3.8) is 0 Å². The van der Waals surface area contributed by atoms with Crippen LogP contribution < -0.4 is 10.5 Å². The first-order chi connectivity index (χ1) is 7.64. The molecule has 0 bridgehead atoms. The molecule has 0 unspecified atom stereocenters. The first kappa shape index (κ1) is 11.7. The summed E-state index contributed by atoms with van der Waals surface area (Å²) in [5.41, 5.74) is 6.36. The molecule has 4 heteroatoms. The number of methoxy groups -OCH3 is 1. The third kappa shape index (κ3) is 1.59. The minimum absolute atomic E-state index is 0.190. The molecule has 88 valence electrons. The fraction of sp³-hybridized carbons (Fsp3) is 0.500. The maximum absolute atomic E-state index is 13.6. The summed E-state index contributed by atoms with van der Waals surface area (Å²) in [7, 11) is 1.46. The SMILES string of the molecule is COc1c(F)ccc(Cl)c1C1(CN)CCC1. The van der Waals surface area contributed by atoms with E-state index in [9.17, 15) is 4.39 Å². The van der Waals surface area contributed by atoms with Gasteiger partial charge in [0.05, 0.1) is 7.11 Å². The van der Waals surface area contributed by atoms with E-state index in [0.29, 0.717) is 11.6 Å². The Morgan fingerprint density at radius 2 is 2.19 bits per heavy atom. The minimum Gasteiger partial charge on any atom is -0.493 e. The third-order valence-corrected chi connectivity index (χ3v) is 3.81. The number of rotatable bonds is 3. The average molecular weight is 244 g/mol. The number of hydrogen-bond donors (Lipinski definition) is 1. The summed E-state index contributed by atoms with van der Waals surface area (Å²) in [6.45, 7) is 0.479. The minimum atomic E-state index is -0.373. The van der Waals surface area contributed by atoms with E-state index in [-0.39, 0.29) is 17.0 Å². The lowest BCUT2D eigenvalue weighted by Crippen LogP contribution is -2.42. The van der Waals surface area contributed by atoms with Gasteiger partial charge in [0.1, 0.15) is 0 Å². The highest BCUT2D eigenvalue weighted by molar-refractivity contribution is 6.31. The molecule has 0 aromatic heterocycles. The van der Waals surface area contributed by atoms with Crippen LogP contribution in [0.3, 0.4) is 0 Å². The number of nitrogens with two attached hydrogens (primary N) is 1. The van der Waals surface area contributed by atoms with Gasteiger partial charge in [0.25, 0.3) is 0 Å². The smallest absolute Gasteiger partial charge is 0.165 e. The lowest BCUT2D eigenvalue weighted by atomic mass is 9.64. The zero-order chi connectivity index (χ0) is 11.8. The van der Waals surface area contributed by atoms with Crippen LogP contribution in [0.25, 0.3) is 0 Å². The van der Waals surface area contributed by atoms with Crippen molar-refractivity contribution < 1.29 is 9.13 Å². The van der Waals surface area contributed by atoms with Gasteiger partial charge in [-0.3, -0.25) is 0 Å². The van der Waals surface area contributed by atoms with Gasteiger partial charge in [0.15, 0.2) is 11.6 Å². The summed E-state index contributed by atoms with van der Waals surface area (Å²) in [5.74, 6) is -0.126. The van der Waals surface area contributed by atoms with E-state index in [4.69, 9.17) is 22.1 Å². The van der Waals surface area contributed by atoms with E-state index in [1.165, 1.54) is 13.2 Å². The Labute approximate surface area is 99.5 Å². The van der Waals surface area contributed by atoms with E-state index in [1.54, 1.807) is 6.07 Å². The van der Waals surface area contributed by atoms with Crippen molar-refractivity contribution >= 4 is 11.6 Å². The monoisotopic (exact) mass is 243 g/mol. The van der Waals surface area contributed by atoms with Crippen molar-refractivity contribution in [1.29, 1.82) is 0 Å². The van der Waals surface area contributed by atoms with Gasteiger partial charge in [-0.25, -0.2) is 4.39 Å². The van der Waals surface area contributed by atoms with Gasteiger partial charge in [0.2, 0.25) is 0 Å². The first-order valence-electron chi connectivity index (χ1n) is 5.37. The summed E-state index contributed by atoms with van der Waals surface area (Å²) in [6.07, 6.45) is 3.00. The van der Waals surface area contributed by atoms with Crippen molar-refractivity contribution in [2.75, 3.05) is 13.7 Å². The molecule has 2 rings (SSSR count). The van der Waals surface area contributed by atoms with Crippen molar-refractivity contribution in [3.8, 4) is 5.75 Å². The van der Waals surface area contributed by atoms with E-state index in [2.05, 4.69) is 0 Å². The van der Waals surface area contributed by atoms with Crippen molar-refractivity contribution in [2.24, 2.45) is 5.73 Å². The zero-order valence-corrected chi connectivity index (χ0v) is 9.98. The number of benzene rings is 1. The Bertz CT molecular complexity index is 399. The average Bonchev–Trinajstić information content (AvgIpc) is 2.22. The van der Waals surface area contributed by atoms with Crippen LogP contribution in [0.1, 0.15) is 24.8 Å². The fourth-order valence-corrected chi connectivity index (χ4v) is 2.74. The molecule has 2 nitrogen and oxygen atoms in total. The number of ether oxygens (including phenoxy) is 1. The lowest BCUT2D eigenvalue weighted by molar-refractivity contribution is 0.240. The van der Waals surface area contributed by atoms with Gasteiger partial charge >= 0.3 is 0 Å². The molecule has 0 atom stereocenters. The predicted octanol–water partition coefficient (Wildman–Crippen LogP) is 2.87. The van der Waals surface area contributed by atoms with E-state index < -0.39 is 0 Å². The Hall–Kier alpha value is -0.800. The van der Waals surface area contributed by atoms with Gasteiger partial charge in [0, 0.05) is 22.5 Å². The summed E-state index contributed by atoms with van der Waals surface area (Å²) in [4.78, 5) is 0. The van der Waals surface area contributed by atoms with Gasteiger partial charge in [-0.15, -0.1) is 0 Å². The van der Waals surface area contributed by atoms with Crippen LogP contribution in [0.2, 0.25) is 5.02 Å². The normalized spacial score (nSPS) is 18.0. The standard InChI is InChI=1S/C12H15ClFNO/c1-16-11-9(14)4-3-8(13)10(11)12(7-15)5-2-6-12/h3-4H,2,5-7,15H2,1H3. The summed E-state index contributed by atoms with van der Waals surface area (Å²) in [6, 6.07) is 2.90. The van der Waals surface area contributed by atoms with Crippen LogP contribution in [0, 0.1) is 5.82 Å². The summed E-state index contributed by atoms with van der Waals surface area (Å²) >= 11 is 6.15. The van der Waals surface area contributed by atoms with Crippen LogP contribution in [-0.4, -0.2) is 13.7 Å². The maximum Gasteiger partial charge on any atom is 0.165 e. The molecule has 1 aliphatic carbocycles. The highest BCUT2D eigenvalue weighted by Crippen LogP contribution is 2.49. The van der Waals surface area contributed by atoms with Crippen LogP contribution >= 0.6 is 11.6 Å². The Kier molecular flexibility index (Phi) is 3.08. The largest absolute Gasteiger partial charge is 0.493 e. The Balaban J connectivity index is 2.57. The zero-order valence-electron chi connectivity index (χ0n) is 9.22. The molecule has 0 radical (unpaired) electrons. The molecule has 1 aromatic carbocycles. The summed E-state index contributed by atoms with van der Waals surface area (Å²) < 4.78 is 18.8. The highest BCUT2D eigenvalue weighted by Gasteiger charge is 2.41. The second kappa shape index (κ2) is 4.22. The van der Waals surface area contributed by atoms with E-state index >= 15 is 0 Å². The molecule has 1 saturated carbocycles. The molecule has 0 aliphatic heterocycles. The molecule has 1 aromatic rings. The Morgan fingerprint density at radius 3 is 2.62 bits per heavy atom. The molecule has 0 amide bonds. The highest BCUT2D eigenvalue weighted by atomic mass is 35.5. The maximum atomic E-state index is 13.6. The van der Waals surface area contributed by atoms with Crippen molar-refractivity contribution in [1.82, 2.24) is 0 Å². The molecule has 0 saturated heterocycles. The molecule has 0 spiro atoms. The van der Waals surface area contributed by atoms with E-state index in [0.717, 1.165) is 24.8 Å². The second-order valence-electron chi connectivity index (χ2n) is 4.28. The molecular weight excluding hydrogens is 229 g/mol. The van der Waals surface area contributed by atoms with Crippen LogP contribution in [0.4, 0.5) is 4.39 Å². The fourth-order valence-electron chi connectivity index (χ4n) is 2.39. The van der Waals surface area contributed by atoms with Gasteiger partial charge < -0.3 is 10.5 Å². The topological polar surface area (TPSA) is 35.2 Å². The molecule has 2 N–H and O–H groups in total.